The van der Waals surface area contributed by atoms with Crippen molar-refractivity contribution in [3.8, 4) is 5.75 Å². The van der Waals surface area contributed by atoms with E-state index < -0.39 is 0 Å². The second-order valence-electron chi connectivity index (χ2n) is 9.33. The Morgan fingerprint density at radius 1 is 1.00 bits per heavy atom. The molecule has 2 heterocycles. The maximum absolute atomic E-state index is 12.8. The lowest BCUT2D eigenvalue weighted by atomic mass is 9.76. The molecule has 0 aromatic heterocycles. The monoisotopic (exact) mass is 418 g/mol. The van der Waals surface area contributed by atoms with E-state index in [1.54, 1.807) is 0 Å². The van der Waals surface area contributed by atoms with Crippen LogP contribution in [0.5, 0.6) is 5.75 Å². The SMILES string of the molecule is O=C(C[C@@H]1CC2(CCN(C(=O)c3ccccc3)CC2)Oc2ccccc21)NCC1CC1. The third kappa shape index (κ3) is 4.46. The lowest BCUT2D eigenvalue weighted by Crippen LogP contribution is -2.52. The summed E-state index contributed by atoms with van der Waals surface area (Å²) < 4.78 is 6.54. The van der Waals surface area contributed by atoms with Crippen molar-refractivity contribution in [3.05, 3.63) is 65.7 Å². The number of nitrogens with one attached hydrogen (secondary N) is 1. The third-order valence-electron chi connectivity index (χ3n) is 7.00. The number of hydrogen-bond donors (Lipinski definition) is 1. The number of fused-ring (bicyclic) bond motifs is 1. The average molecular weight is 419 g/mol. The smallest absolute Gasteiger partial charge is 0.253 e. The zero-order valence-corrected chi connectivity index (χ0v) is 17.9. The molecule has 0 unspecified atom stereocenters. The molecule has 2 amide bonds. The highest BCUT2D eigenvalue weighted by Crippen LogP contribution is 2.46. The minimum absolute atomic E-state index is 0.0858. The minimum atomic E-state index is -0.302. The van der Waals surface area contributed by atoms with Crippen LogP contribution in [0.25, 0.3) is 0 Å². The molecule has 1 atom stereocenters. The Morgan fingerprint density at radius 2 is 1.71 bits per heavy atom. The molecule has 1 N–H and O–H groups in total. The van der Waals surface area contributed by atoms with E-state index >= 15 is 0 Å². The van der Waals surface area contributed by atoms with Gasteiger partial charge in [-0.3, -0.25) is 9.59 Å². The summed E-state index contributed by atoms with van der Waals surface area (Å²) in [5, 5.41) is 3.12. The molecule has 2 aromatic carbocycles. The summed E-state index contributed by atoms with van der Waals surface area (Å²) in [5.41, 5.74) is 1.57. The first kappa shape index (κ1) is 20.1. The van der Waals surface area contributed by atoms with Gasteiger partial charge < -0.3 is 15.0 Å². The fraction of sp³-hybridized carbons (Fsp3) is 0.462. The van der Waals surface area contributed by atoms with Crippen LogP contribution in [0.1, 0.15) is 60.4 Å². The molecule has 1 aliphatic carbocycles. The van der Waals surface area contributed by atoms with Gasteiger partial charge in [0.05, 0.1) is 0 Å². The molecule has 1 saturated heterocycles. The Morgan fingerprint density at radius 3 is 2.45 bits per heavy atom. The van der Waals surface area contributed by atoms with Crippen LogP contribution in [-0.2, 0) is 4.79 Å². The van der Waals surface area contributed by atoms with Gasteiger partial charge in [-0.1, -0.05) is 36.4 Å². The molecule has 162 valence electrons. The largest absolute Gasteiger partial charge is 0.487 e. The van der Waals surface area contributed by atoms with Crippen LogP contribution in [0.3, 0.4) is 0 Å². The summed E-state index contributed by atoms with van der Waals surface area (Å²) in [5.74, 6) is 1.96. The summed E-state index contributed by atoms with van der Waals surface area (Å²) in [6.07, 6.45) is 5.39. The van der Waals surface area contributed by atoms with Gasteiger partial charge in [0, 0.05) is 50.4 Å². The topological polar surface area (TPSA) is 58.6 Å². The van der Waals surface area contributed by atoms with Crippen LogP contribution in [0.2, 0.25) is 0 Å². The molecule has 2 aromatic rings. The second kappa shape index (κ2) is 8.37. The number of hydrogen-bond acceptors (Lipinski definition) is 3. The van der Waals surface area contributed by atoms with Crippen LogP contribution in [0, 0.1) is 5.92 Å². The maximum atomic E-state index is 12.8. The van der Waals surface area contributed by atoms with Crippen molar-refractivity contribution in [3.63, 3.8) is 0 Å². The number of piperidine rings is 1. The molecule has 2 fully saturated rings. The fourth-order valence-corrected chi connectivity index (χ4v) is 4.99. The van der Waals surface area contributed by atoms with E-state index in [1.807, 2.05) is 53.4 Å². The van der Waals surface area contributed by atoms with Gasteiger partial charge in [-0.05, 0) is 48.9 Å². The van der Waals surface area contributed by atoms with E-state index in [9.17, 15) is 9.59 Å². The van der Waals surface area contributed by atoms with E-state index in [4.69, 9.17) is 4.74 Å². The van der Waals surface area contributed by atoms with Crippen molar-refractivity contribution in [2.45, 2.75) is 50.0 Å². The Labute approximate surface area is 183 Å². The average Bonchev–Trinajstić information content (AvgIpc) is 3.63. The number of rotatable bonds is 5. The lowest BCUT2D eigenvalue weighted by Gasteiger charge is -2.47. The summed E-state index contributed by atoms with van der Waals surface area (Å²) in [6, 6.07) is 17.6. The lowest BCUT2D eigenvalue weighted by molar-refractivity contribution is -0.122. The Hall–Kier alpha value is -2.82. The number of nitrogens with zero attached hydrogens (tertiary/aromatic N) is 1. The predicted molar refractivity (Wildman–Crippen MR) is 119 cm³/mol. The Balaban J connectivity index is 1.27. The number of likely N-dealkylation sites (tertiary alicyclic amines) is 1. The van der Waals surface area contributed by atoms with Crippen molar-refractivity contribution in [1.29, 1.82) is 0 Å². The molecule has 5 heteroatoms. The standard InChI is InChI=1S/C26H30N2O3/c29-24(27-18-19-10-11-19)16-21-17-26(31-23-9-5-4-8-22(21)23)12-14-28(15-13-26)25(30)20-6-2-1-3-7-20/h1-9,19,21H,10-18H2,(H,27,29)/t21-/m1/s1. The van der Waals surface area contributed by atoms with Gasteiger partial charge in [-0.15, -0.1) is 0 Å². The summed E-state index contributed by atoms with van der Waals surface area (Å²) in [7, 11) is 0. The molecular formula is C26H30N2O3. The van der Waals surface area contributed by atoms with Gasteiger partial charge in [0.25, 0.3) is 5.91 Å². The van der Waals surface area contributed by atoms with E-state index in [0.29, 0.717) is 25.4 Å². The van der Waals surface area contributed by atoms with E-state index in [2.05, 4.69) is 11.4 Å². The highest BCUT2D eigenvalue weighted by Gasteiger charge is 2.44. The highest BCUT2D eigenvalue weighted by molar-refractivity contribution is 5.94. The van der Waals surface area contributed by atoms with Crippen LogP contribution in [0.4, 0.5) is 0 Å². The van der Waals surface area contributed by atoms with Gasteiger partial charge in [-0.25, -0.2) is 0 Å². The van der Waals surface area contributed by atoms with Crippen LogP contribution in [-0.4, -0.2) is 41.9 Å². The van der Waals surface area contributed by atoms with Crippen LogP contribution in [0.15, 0.2) is 54.6 Å². The molecule has 0 radical (unpaired) electrons. The van der Waals surface area contributed by atoms with Gasteiger partial charge in [0.1, 0.15) is 11.4 Å². The van der Waals surface area contributed by atoms with E-state index in [1.165, 1.54) is 12.8 Å². The molecule has 5 rings (SSSR count). The first-order chi connectivity index (χ1) is 15.1. The van der Waals surface area contributed by atoms with Crippen molar-refractivity contribution in [2.24, 2.45) is 5.92 Å². The van der Waals surface area contributed by atoms with Crippen molar-refractivity contribution < 1.29 is 14.3 Å². The van der Waals surface area contributed by atoms with Crippen LogP contribution >= 0.6 is 0 Å². The second-order valence-corrected chi connectivity index (χ2v) is 9.33. The molecule has 3 aliphatic rings. The Kier molecular flexibility index (Phi) is 5.43. The Bertz CT molecular complexity index is 946. The number of carbonyl (C=O) groups is 2. The molecular weight excluding hydrogens is 388 g/mol. The molecule has 2 aliphatic heterocycles. The first-order valence-corrected chi connectivity index (χ1v) is 11.5. The quantitative estimate of drug-likeness (QED) is 0.794. The van der Waals surface area contributed by atoms with Gasteiger partial charge in [0.15, 0.2) is 0 Å². The molecule has 5 nitrogen and oxygen atoms in total. The fourth-order valence-electron chi connectivity index (χ4n) is 4.99. The predicted octanol–water partition coefficient (Wildman–Crippen LogP) is 4.14. The number of carbonyl (C=O) groups excluding carboxylic acids is 2. The van der Waals surface area contributed by atoms with Crippen molar-refractivity contribution in [2.75, 3.05) is 19.6 Å². The van der Waals surface area contributed by atoms with E-state index in [-0.39, 0.29) is 23.3 Å². The van der Waals surface area contributed by atoms with Gasteiger partial charge >= 0.3 is 0 Å². The third-order valence-corrected chi connectivity index (χ3v) is 7.00. The molecule has 1 saturated carbocycles. The van der Waals surface area contributed by atoms with Gasteiger partial charge in [0.2, 0.25) is 5.91 Å². The summed E-state index contributed by atoms with van der Waals surface area (Å²) in [6.45, 7) is 2.17. The summed E-state index contributed by atoms with van der Waals surface area (Å²) >= 11 is 0. The molecule has 1 spiro atoms. The number of para-hydroxylation sites is 1. The summed E-state index contributed by atoms with van der Waals surface area (Å²) in [4.78, 5) is 27.4. The van der Waals surface area contributed by atoms with Crippen molar-refractivity contribution >= 4 is 11.8 Å². The number of benzene rings is 2. The maximum Gasteiger partial charge on any atom is 0.253 e. The molecule has 0 bridgehead atoms. The minimum Gasteiger partial charge on any atom is -0.487 e. The van der Waals surface area contributed by atoms with Crippen molar-refractivity contribution in [1.82, 2.24) is 10.2 Å². The highest BCUT2D eigenvalue weighted by atomic mass is 16.5. The molecule has 31 heavy (non-hydrogen) atoms. The number of ether oxygens (including phenoxy) is 1. The zero-order valence-electron chi connectivity index (χ0n) is 17.9. The normalized spacial score (nSPS) is 21.8. The first-order valence-electron chi connectivity index (χ1n) is 11.5. The van der Waals surface area contributed by atoms with Gasteiger partial charge in [-0.2, -0.15) is 0 Å². The number of amides is 2. The van der Waals surface area contributed by atoms with E-state index in [0.717, 1.165) is 42.7 Å². The van der Waals surface area contributed by atoms with Crippen LogP contribution < -0.4 is 10.1 Å². The zero-order chi connectivity index (χ0) is 21.3.